The van der Waals surface area contributed by atoms with Gasteiger partial charge in [-0.15, -0.1) is 0 Å². The molecule has 1 amide bonds. The molecule has 3 nitrogen and oxygen atoms in total. The number of halogens is 1. The van der Waals surface area contributed by atoms with Crippen molar-refractivity contribution in [2.75, 3.05) is 11.9 Å². The van der Waals surface area contributed by atoms with Gasteiger partial charge in [0.1, 0.15) is 5.75 Å². The SMILES string of the molecule is O=C(C1Cc2ccccc2O1)N1CCCCC1CBr. The zero-order valence-electron chi connectivity index (χ0n) is 10.8. The molecular weight excluding hydrogens is 306 g/mol. The van der Waals surface area contributed by atoms with Gasteiger partial charge in [-0.3, -0.25) is 4.79 Å². The molecule has 0 radical (unpaired) electrons. The van der Waals surface area contributed by atoms with Crippen LogP contribution in [0.3, 0.4) is 0 Å². The van der Waals surface area contributed by atoms with Crippen LogP contribution < -0.4 is 4.74 Å². The van der Waals surface area contributed by atoms with Gasteiger partial charge in [0, 0.05) is 24.3 Å². The summed E-state index contributed by atoms with van der Waals surface area (Å²) in [6.45, 7) is 0.866. The highest BCUT2D eigenvalue weighted by molar-refractivity contribution is 9.09. The van der Waals surface area contributed by atoms with E-state index in [4.69, 9.17) is 4.74 Å². The minimum atomic E-state index is -0.322. The quantitative estimate of drug-likeness (QED) is 0.783. The van der Waals surface area contributed by atoms with E-state index < -0.39 is 0 Å². The Labute approximate surface area is 122 Å². The molecular formula is C15H18BrNO2. The fraction of sp³-hybridized carbons (Fsp3) is 0.533. The Morgan fingerprint density at radius 2 is 2.21 bits per heavy atom. The van der Waals surface area contributed by atoms with Gasteiger partial charge in [-0.25, -0.2) is 0 Å². The summed E-state index contributed by atoms with van der Waals surface area (Å²) in [5, 5.41) is 0.860. The van der Waals surface area contributed by atoms with E-state index in [0.29, 0.717) is 12.5 Å². The Morgan fingerprint density at radius 3 is 3.00 bits per heavy atom. The lowest BCUT2D eigenvalue weighted by Gasteiger charge is -2.36. The first-order chi connectivity index (χ1) is 9.29. The van der Waals surface area contributed by atoms with Crippen LogP contribution in [0.2, 0.25) is 0 Å². The zero-order chi connectivity index (χ0) is 13.2. The number of para-hydroxylation sites is 1. The predicted molar refractivity (Wildman–Crippen MR) is 77.7 cm³/mol. The number of amides is 1. The van der Waals surface area contributed by atoms with Crippen LogP contribution in [0.1, 0.15) is 24.8 Å². The molecule has 2 aliphatic heterocycles. The molecule has 1 aromatic rings. The van der Waals surface area contributed by atoms with Crippen molar-refractivity contribution >= 4 is 21.8 Å². The Hall–Kier alpha value is -1.03. The van der Waals surface area contributed by atoms with Gasteiger partial charge in [-0.1, -0.05) is 34.1 Å². The van der Waals surface area contributed by atoms with E-state index in [1.54, 1.807) is 0 Å². The van der Waals surface area contributed by atoms with E-state index >= 15 is 0 Å². The zero-order valence-corrected chi connectivity index (χ0v) is 12.4. The van der Waals surface area contributed by atoms with Crippen molar-refractivity contribution < 1.29 is 9.53 Å². The number of rotatable bonds is 2. The molecule has 1 fully saturated rings. The third kappa shape index (κ3) is 2.50. The smallest absolute Gasteiger partial charge is 0.264 e. The van der Waals surface area contributed by atoms with E-state index in [0.717, 1.165) is 36.0 Å². The monoisotopic (exact) mass is 323 g/mol. The number of hydrogen-bond donors (Lipinski definition) is 0. The van der Waals surface area contributed by atoms with E-state index in [1.165, 1.54) is 6.42 Å². The first-order valence-corrected chi connectivity index (χ1v) is 8.03. The molecule has 0 spiro atoms. The molecule has 0 saturated carbocycles. The lowest BCUT2D eigenvalue weighted by Crippen LogP contribution is -2.50. The van der Waals surface area contributed by atoms with Crippen molar-refractivity contribution in [1.29, 1.82) is 0 Å². The molecule has 0 aliphatic carbocycles. The first kappa shape index (κ1) is 13.0. The van der Waals surface area contributed by atoms with E-state index in [-0.39, 0.29) is 12.0 Å². The van der Waals surface area contributed by atoms with Gasteiger partial charge in [0.2, 0.25) is 0 Å². The number of ether oxygens (including phenoxy) is 1. The molecule has 0 N–H and O–H groups in total. The highest BCUT2D eigenvalue weighted by Crippen LogP contribution is 2.30. The molecule has 2 unspecified atom stereocenters. The molecule has 102 valence electrons. The maximum atomic E-state index is 12.6. The van der Waals surface area contributed by atoms with Crippen molar-refractivity contribution in [3.05, 3.63) is 29.8 Å². The number of nitrogens with zero attached hydrogens (tertiary/aromatic N) is 1. The molecule has 2 atom stereocenters. The van der Waals surface area contributed by atoms with Crippen molar-refractivity contribution in [2.45, 2.75) is 37.8 Å². The van der Waals surface area contributed by atoms with Crippen LogP contribution in [-0.2, 0) is 11.2 Å². The van der Waals surface area contributed by atoms with Crippen LogP contribution in [-0.4, -0.2) is 34.8 Å². The molecule has 19 heavy (non-hydrogen) atoms. The number of alkyl halides is 1. The van der Waals surface area contributed by atoms with Crippen LogP contribution in [0.15, 0.2) is 24.3 Å². The second kappa shape index (κ2) is 5.53. The molecule has 2 aliphatic rings. The summed E-state index contributed by atoms with van der Waals surface area (Å²) in [5.41, 5.74) is 1.15. The largest absolute Gasteiger partial charge is 0.480 e. The summed E-state index contributed by atoms with van der Waals surface area (Å²) in [5.74, 6) is 1.02. The van der Waals surface area contributed by atoms with Gasteiger partial charge in [-0.2, -0.15) is 0 Å². The Balaban J connectivity index is 1.72. The van der Waals surface area contributed by atoms with E-state index in [9.17, 15) is 4.79 Å². The average molecular weight is 324 g/mol. The van der Waals surface area contributed by atoms with E-state index in [2.05, 4.69) is 15.9 Å². The number of carbonyl (C=O) groups excluding carboxylic acids is 1. The van der Waals surface area contributed by atoms with Crippen molar-refractivity contribution in [2.24, 2.45) is 0 Å². The predicted octanol–water partition coefficient (Wildman–Crippen LogP) is 2.77. The molecule has 0 bridgehead atoms. The minimum Gasteiger partial charge on any atom is -0.480 e. The summed E-state index contributed by atoms with van der Waals surface area (Å²) < 4.78 is 5.81. The lowest BCUT2D eigenvalue weighted by molar-refractivity contribution is -0.141. The number of piperidine rings is 1. The topological polar surface area (TPSA) is 29.5 Å². The normalized spacial score (nSPS) is 25.8. The summed E-state index contributed by atoms with van der Waals surface area (Å²) in [7, 11) is 0. The standard InChI is InChI=1S/C15H18BrNO2/c16-10-12-6-3-4-8-17(12)15(18)14-9-11-5-1-2-7-13(11)19-14/h1-2,5,7,12,14H,3-4,6,8-10H2. The van der Waals surface area contributed by atoms with Crippen LogP contribution in [0.25, 0.3) is 0 Å². The lowest BCUT2D eigenvalue weighted by atomic mass is 10.0. The molecule has 0 aromatic heterocycles. The minimum absolute atomic E-state index is 0.153. The Bertz CT molecular complexity index is 452. The molecule has 4 heteroatoms. The summed E-state index contributed by atoms with van der Waals surface area (Å²) in [4.78, 5) is 14.6. The number of fused-ring (bicyclic) bond motifs is 1. The number of benzene rings is 1. The fourth-order valence-electron chi connectivity index (χ4n) is 2.96. The summed E-state index contributed by atoms with van der Waals surface area (Å²) in [6.07, 6.45) is 3.80. The van der Waals surface area contributed by atoms with Crippen molar-refractivity contribution in [1.82, 2.24) is 4.90 Å². The Morgan fingerprint density at radius 1 is 1.37 bits per heavy atom. The third-order valence-electron chi connectivity index (χ3n) is 4.01. The van der Waals surface area contributed by atoms with Gasteiger partial charge in [0.05, 0.1) is 0 Å². The van der Waals surface area contributed by atoms with Gasteiger partial charge in [0.15, 0.2) is 6.10 Å². The molecule has 1 saturated heterocycles. The fourth-order valence-corrected chi connectivity index (χ4v) is 3.63. The summed E-state index contributed by atoms with van der Waals surface area (Å²) in [6, 6.07) is 8.26. The molecule has 3 rings (SSSR count). The highest BCUT2D eigenvalue weighted by atomic mass is 79.9. The molecule has 1 aromatic carbocycles. The van der Waals surface area contributed by atoms with Crippen LogP contribution in [0.4, 0.5) is 0 Å². The van der Waals surface area contributed by atoms with Crippen LogP contribution in [0, 0.1) is 0 Å². The Kier molecular flexibility index (Phi) is 3.78. The number of likely N-dealkylation sites (tertiary alicyclic amines) is 1. The van der Waals surface area contributed by atoms with Crippen molar-refractivity contribution in [3.63, 3.8) is 0 Å². The second-order valence-electron chi connectivity index (χ2n) is 5.25. The van der Waals surface area contributed by atoms with E-state index in [1.807, 2.05) is 29.2 Å². The summed E-state index contributed by atoms with van der Waals surface area (Å²) >= 11 is 3.52. The maximum Gasteiger partial charge on any atom is 0.264 e. The third-order valence-corrected chi connectivity index (χ3v) is 4.76. The van der Waals surface area contributed by atoms with Gasteiger partial charge in [0.25, 0.3) is 5.91 Å². The van der Waals surface area contributed by atoms with Gasteiger partial charge >= 0.3 is 0 Å². The highest BCUT2D eigenvalue weighted by Gasteiger charge is 2.35. The van der Waals surface area contributed by atoms with Crippen LogP contribution in [0.5, 0.6) is 5.75 Å². The first-order valence-electron chi connectivity index (χ1n) is 6.90. The second-order valence-corrected chi connectivity index (χ2v) is 5.90. The van der Waals surface area contributed by atoms with Crippen molar-refractivity contribution in [3.8, 4) is 5.75 Å². The average Bonchev–Trinajstić information content (AvgIpc) is 2.90. The van der Waals surface area contributed by atoms with Crippen LogP contribution >= 0.6 is 15.9 Å². The maximum absolute atomic E-state index is 12.6. The number of carbonyl (C=O) groups is 1. The number of hydrogen-bond acceptors (Lipinski definition) is 2. The molecule has 2 heterocycles. The van der Waals surface area contributed by atoms with Gasteiger partial charge in [-0.05, 0) is 30.9 Å². The van der Waals surface area contributed by atoms with Gasteiger partial charge < -0.3 is 9.64 Å².